The number of amides is 1. The fourth-order valence-corrected chi connectivity index (χ4v) is 3.88. The summed E-state index contributed by atoms with van der Waals surface area (Å²) in [5.74, 6) is -0.331. The summed E-state index contributed by atoms with van der Waals surface area (Å²) in [6.07, 6.45) is 3.84. The predicted molar refractivity (Wildman–Crippen MR) is 119 cm³/mol. The molecule has 0 unspecified atom stereocenters. The summed E-state index contributed by atoms with van der Waals surface area (Å²) in [4.78, 5) is 27.6. The highest BCUT2D eigenvalue weighted by Gasteiger charge is 2.17. The van der Waals surface area contributed by atoms with Crippen LogP contribution in [0.4, 0.5) is 17.1 Å². The molecular formula is C22H25N5O4. The number of hydrogen-bond acceptors (Lipinski definition) is 7. The molecule has 2 saturated heterocycles. The van der Waals surface area contributed by atoms with Crippen LogP contribution in [0.15, 0.2) is 47.6 Å². The minimum Gasteiger partial charge on any atom is -0.378 e. The quantitative estimate of drug-likeness (QED) is 0.436. The molecule has 2 aromatic carbocycles. The number of nitrogens with zero attached hydrogens (tertiary/aromatic N) is 4. The van der Waals surface area contributed by atoms with Crippen molar-refractivity contribution in [1.29, 1.82) is 0 Å². The number of anilines is 2. The number of carbonyl (C=O) groups is 1. The standard InChI is InChI=1S/C22H25N5O4/c28-22(17-3-5-19(6-4-17)25-9-1-2-10-25)24-23-16-18-15-20(27(29)30)7-8-21(18)26-11-13-31-14-12-26/h3-8,15-16H,1-2,9-14H2,(H,24,28)/b23-16-. The Morgan fingerprint density at radius 2 is 1.74 bits per heavy atom. The number of ether oxygens (including phenoxy) is 1. The molecule has 0 aromatic heterocycles. The third-order valence-corrected chi connectivity index (χ3v) is 5.54. The summed E-state index contributed by atoms with van der Waals surface area (Å²) in [5.41, 5.74) is 5.51. The molecule has 9 nitrogen and oxygen atoms in total. The van der Waals surface area contributed by atoms with Gasteiger partial charge in [0, 0.05) is 60.8 Å². The third-order valence-electron chi connectivity index (χ3n) is 5.54. The number of non-ortho nitro benzene ring substituents is 1. The molecule has 1 amide bonds. The number of nitrogens with one attached hydrogen (secondary N) is 1. The Kier molecular flexibility index (Phi) is 6.42. The maximum atomic E-state index is 12.5. The summed E-state index contributed by atoms with van der Waals surface area (Å²) < 4.78 is 5.38. The average Bonchev–Trinajstić information content (AvgIpc) is 3.34. The number of rotatable bonds is 6. The fourth-order valence-electron chi connectivity index (χ4n) is 3.88. The topological polar surface area (TPSA) is 100 Å². The van der Waals surface area contributed by atoms with Crippen molar-refractivity contribution in [2.24, 2.45) is 5.10 Å². The lowest BCUT2D eigenvalue weighted by atomic mass is 10.1. The van der Waals surface area contributed by atoms with Crippen molar-refractivity contribution in [3.8, 4) is 0 Å². The van der Waals surface area contributed by atoms with Crippen LogP contribution in [0.25, 0.3) is 0 Å². The lowest BCUT2D eigenvalue weighted by molar-refractivity contribution is -0.384. The normalized spacial score (nSPS) is 16.6. The Bertz CT molecular complexity index is 964. The monoisotopic (exact) mass is 423 g/mol. The Labute approximate surface area is 180 Å². The van der Waals surface area contributed by atoms with Gasteiger partial charge in [-0.05, 0) is 43.2 Å². The first-order chi connectivity index (χ1) is 15.1. The number of hydrazone groups is 1. The van der Waals surface area contributed by atoms with Crippen LogP contribution in [0.5, 0.6) is 0 Å². The van der Waals surface area contributed by atoms with Crippen LogP contribution in [-0.4, -0.2) is 56.4 Å². The van der Waals surface area contributed by atoms with E-state index in [0.717, 1.165) is 24.5 Å². The Hall–Kier alpha value is -3.46. The third kappa shape index (κ3) is 5.00. The van der Waals surface area contributed by atoms with Crippen molar-refractivity contribution in [1.82, 2.24) is 5.43 Å². The molecule has 2 aliphatic heterocycles. The van der Waals surface area contributed by atoms with E-state index in [1.54, 1.807) is 18.2 Å². The van der Waals surface area contributed by atoms with Crippen LogP contribution in [-0.2, 0) is 4.74 Å². The zero-order valence-corrected chi connectivity index (χ0v) is 17.2. The van der Waals surface area contributed by atoms with Crippen LogP contribution in [0.2, 0.25) is 0 Å². The van der Waals surface area contributed by atoms with E-state index in [1.807, 2.05) is 12.1 Å². The highest BCUT2D eigenvalue weighted by Crippen LogP contribution is 2.25. The average molecular weight is 423 g/mol. The molecule has 1 N–H and O–H groups in total. The van der Waals surface area contributed by atoms with E-state index >= 15 is 0 Å². The molecule has 0 atom stereocenters. The first-order valence-electron chi connectivity index (χ1n) is 10.4. The maximum Gasteiger partial charge on any atom is 0.271 e. The van der Waals surface area contributed by atoms with Gasteiger partial charge in [-0.2, -0.15) is 5.10 Å². The van der Waals surface area contributed by atoms with Gasteiger partial charge in [-0.3, -0.25) is 14.9 Å². The van der Waals surface area contributed by atoms with Crippen molar-refractivity contribution in [3.63, 3.8) is 0 Å². The predicted octanol–water partition coefficient (Wildman–Crippen LogP) is 2.80. The number of morpholine rings is 1. The summed E-state index contributed by atoms with van der Waals surface area (Å²) in [6, 6.07) is 12.1. The fraction of sp³-hybridized carbons (Fsp3) is 0.364. The summed E-state index contributed by atoms with van der Waals surface area (Å²) >= 11 is 0. The lowest BCUT2D eigenvalue weighted by Gasteiger charge is -2.29. The van der Waals surface area contributed by atoms with E-state index in [0.29, 0.717) is 37.4 Å². The molecule has 2 heterocycles. The number of nitro benzene ring substituents is 1. The van der Waals surface area contributed by atoms with Gasteiger partial charge in [-0.15, -0.1) is 0 Å². The van der Waals surface area contributed by atoms with Gasteiger partial charge in [0.05, 0.1) is 24.4 Å². The molecule has 162 valence electrons. The van der Waals surface area contributed by atoms with Gasteiger partial charge in [-0.25, -0.2) is 5.43 Å². The largest absolute Gasteiger partial charge is 0.378 e. The summed E-state index contributed by atoms with van der Waals surface area (Å²) in [5, 5.41) is 15.2. The molecule has 0 spiro atoms. The van der Waals surface area contributed by atoms with Gasteiger partial charge < -0.3 is 14.5 Å². The van der Waals surface area contributed by atoms with Gasteiger partial charge in [0.15, 0.2) is 0 Å². The van der Waals surface area contributed by atoms with E-state index in [4.69, 9.17) is 4.74 Å². The summed E-state index contributed by atoms with van der Waals surface area (Å²) in [7, 11) is 0. The minimum atomic E-state index is -0.444. The Balaban J connectivity index is 1.46. The number of nitro groups is 1. The maximum absolute atomic E-state index is 12.5. The van der Waals surface area contributed by atoms with Crippen molar-refractivity contribution in [2.75, 3.05) is 49.2 Å². The Morgan fingerprint density at radius 1 is 1.03 bits per heavy atom. The van der Waals surface area contributed by atoms with Crippen molar-refractivity contribution < 1.29 is 14.5 Å². The molecule has 0 radical (unpaired) electrons. The van der Waals surface area contributed by atoms with Crippen LogP contribution < -0.4 is 15.2 Å². The highest BCUT2D eigenvalue weighted by atomic mass is 16.6. The number of hydrogen-bond donors (Lipinski definition) is 1. The van der Waals surface area contributed by atoms with Crippen LogP contribution >= 0.6 is 0 Å². The second kappa shape index (κ2) is 9.57. The zero-order valence-electron chi connectivity index (χ0n) is 17.2. The molecule has 0 bridgehead atoms. The molecular weight excluding hydrogens is 398 g/mol. The first kappa shape index (κ1) is 20.8. The van der Waals surface area contributed by atoms with Crippen LogP contribution in [0.1, 0.15) is 28.8 Å². The van der Waals surface area contributed by atoms with E-state index in [2.05, 4.69) is 20.3 Å². The van der Waals surface area contributed by atoms with E-state index in [-0.39, 0.29) is 11.6 Å². The van der Waals surface area contributed by atoms with Crippen LogP contribution in [0.3, 0.4) is 0 Å². The highest BCUT2D eigenvalue weighted by molar-refractivity contribution is 5.96. The molecule has 31 heavy (non-hydrogen) atoms. The second-order valence-electron chi connectivity index (χ2n) is 7.54. The number of carbonyl (C=O) groups excluding carboxylic acids is 1. The zero-order chi connectivity index (χ0) is 21.6. The second-order valence-corrected chi connectivity index (χ2v) is 7.54. The van der Waals surface area contributed by atoms with Crippen molar-refractivity contribution in [3.05, 3.63) is 63.7 Å². The molecule has 9 heteroatoms. The molecule has 2 aromatic rings. The van der Waals surface area contributed by atoms with Gasteiger partial charge in [0.2, 0.25) is 0 Å². The van der Waals surface area contributed by atoms with E-state index in [9.17, 15) is 14.9 Å². The molecule has 4 rings (SSSR count). The van der Waals surface area contributed by atoms with Gasteiger partial charge >= 0.3 is 0 Å². The van der Waals surface area contributed by atoms with Gasteiger partial charge in [-0.1, -0.05) is 0 Å². The Morgan fingerprint density at radius 3 is 2.42 bits per heavy atom. The molecule has 0 aliphatic carbocycles. The molecule has 0 saturated carbocycles. The smallest absolute Gasteiger partial charge is 0.271 e. The molecule has 2 aliphatic rings. The van der Waals surface area contributed by atoms with Crippen molar-refractivity contribution in [2.45, 2.75) is 12.8 Å². The van der Waals surface area contributed by atoms with Gasteiger partial charge in [0.25, 0.3) is 11.6 Å². The summed E-state index contributed by atoms with van der Waals surface area (Å²) in [6.45, 7) is 4.66. The molecule has 2 fully saturated rings. The van der Waals surface area contributed by atoms with E-state index < -0.39 is 4.92 Å². The van der Waals surface area contributed by atoms with Crippen molar-refractivity contribution >= 4 is 29.2 Å². The van der Waals surface area contributed by atoms with Gasteiger partial charge in [0.1, 0.15) is 0 Å². The SMILES string of the molecule is O=C(N/N=C\c1cc([N+](=O)[O-])ccc1N1CCOCC1)c1ccc(N2CCCC2)cc1. The van der Waals surface area contributed by atoms with E-state index in [1.165, 1.54) is 31.2 Å². The van der Waals surface area contributed by atoms with Crippen LogP contribution in [0, 0.1) is 10.1 Å². The minimum absolute atomic E-state index is 0.0257. The lowest BCUT2D eigenvalue weighted by Crippen LogP contribution is -2.36. The number of benzene rings is 2. The first-order valence-corrected chi connectivity index (χ1v) is 10.4.